The molecule has 1 aliphatic heterocycles. The fraction of sp³-hybridized carbons (Fsp3) is 0.818. The van der Waals surface area contributed by atoms with Crippen molar-refractivity contribution in [1.82, 2.24) is 0 Å². The second-order valence-electron chi connectivity index (χ2n) is 3.63. The summed E-state index contributed by atoms with van der Waals surface area (Å²) in [6.07, 6.45) is 2.28. The SMILES string of the molecule is CC#CCCC(O)C1OCCC1C. The molecule has 1 aliphatic rings. The second kappa shape index (κ2) is 5.26. The van der Waals surface area contributed by atoms with E-state index in [0.29, 0.717) is 5.92 Å². The highest BCUT2D eigenvalue weighted by molar-refractivity contribution is 4.95. The van der Waals surface area contributed by atoms with Crippen LogP contribution in [0.25, 0.3) is 0 Å². The number of hydrogen-bond acceptors (Lipinski definition) is 2. The Morgan fingerprint density at radius 1 is 1.62 bits per heavy atom. The molecule has 0 spiro atoms. The van der Waals surface area contributed by atoms with Crippen LogP contribution in [0.4, 0.5) is 0 Å². The first-order valence-corrected chi connectivity index (χ1v) is 4.95. The van der Waals surface area contributed by atoms with Crippen LogP contribution in [-0.2, 0) is 4.74 Å². The van der Waals surface area contributed by atoms with Crippen LogP contribution in [0.2, 0.25) is 0 Å². The van der Waals surface area contributed by atoms with Gasteiger partial charge in [-0.05, 0) is 25.7 Å². The molecule has 0 aliphatic carbocycles. The molecule has 0 aromatic heterocycles. The fourth-order valence-corrected chi connectivity index (χ4v) is 1.72. The summed E-state index contributed by atoms with van der Waals surface area (Å²) in [5.74, 6) is 6.27. The third-order valence-electron chi connectivity index (χ3n) is 2.57. The van der Waals surface area contributed by atoms with Gasteiger partial charge in [0.15, 0.2) is 0 Å². The fourth-order valence-electron chi connectivity index (χ4n) is 1.72. The first kappa shape index (κ1) is 10.6. The van der Waals surface area contributed by atoms with Crippen molar-refractivity contribution < 1.29 is 9.84 Å². The highest BCUT2D eigenvalue weighted by atomic mass is 16.5. The zero-order valence-electron chi connectivity index (χ0n) is 8.42. The van der Waals surface area contributed by atoms with Gasteiger partial charge in [0.25, 0.3) is 0 Å². The van der Waals surface area contributed by atoms with E-state index in [-0.39, 0.29) is 12.2 Å². The highest BCUT2D eigenvalue weighted by Gasteiger charge is 2.30. The Morgan fingerprint density at radius 3 is 2.92 bits per heavy atom. The summed E-state index contributed by atoms with van der Waals surface area (Å²) in [5.41, 5.74) is 0. The third kappa shape index (κ3) is 3.02. The van der Waals surface area contributed by atoms with E-state index < -0.39 is 0 Å². The first-order chi connectivity index (χ1) is 6.25. The molecule has 1 N–H and O–H groups in total. The average molecular weight is 182 g/mol. The van der Waals surface area contributed by atoms with Crippen molar-refractivity contribution in [2.75, 3.05) is 6.61 Å². The van der Waals surface area contributed by atoms with Crippen molar-refractivity contribution in [2.24, 2.45) is 5.92 Å². The Labute approximate surface area is 80.3 Å². The standard InChI is InChI=1S/C11H18O2/c1-3-4-5-6-10(12)11-9(2)7-8-13-11/h9-12H,5-8H2,1-2H3. The highest BCUT2D eigenvalue weighted by Crippen LogP contribution is 2.24. The molecule has 3 unspecified atom stereocenters. The van der Waals surface area contributed by atoms with Gasteiger partial charge in [-0.15, -0.1) is 11.8 Å². The molecule has 1 heterocycles. The predicted octanol–water partition coefficient (Wildman–Crippen LogP) is 1.58. The van der Waals surface area contributed by atoms with Crippen molar-refractivity contribution in [3.8, 4) is 11.8 Å². The largest absolute Gasteiger partial charge is 0.390 e. The number of aliphatic hydroxyl groups is 1. The lowest BCUT2D eigenvalue weighted by atomic mass is 9.97. The van der Waals surface area contributed by atoms with E-state index in [4.69, 9.17) is 4.74 Å². The van der Waals surface area contributed by atoms with E-state index in [2.05, 4.69) is 18.8 Å². The van der Waals surface area contributed by atoms with Gasteiger partial charge in [0.2, 0.25) is 0 Å². The number of ether oxygens (including phenoxy) is 1. The summed E-state index contributed by atoms with van der Waals surface area (Å²) in [6, 6.07) is 0. The van der Waals surface area contributed by atoms with Gasteiger partial charge in [-0.1, -0.05) is 6.92 Å². The Kier molecular flexibility index (Phi) is 4.27. The Balaban J connectivity index is 2.28. The van der Waals surface area contributed by atoms with Gasteiger partial charge in [-0.25, -0.2) is 0 Å². The van der Waals surface area contributed by atoms with Crippen LogP contribution in [0.5, 0.6) is 0 Å². The molecule has 1 rings (SSSR count). The molecular formula is C11H18O2. The lowest BCUT2D eigenvalue weighted by Gasteiger charge is -2.20. The van der Waals surface area contributed by atoms with Gasteiger partial charge in [0.05, 0.1) is 12.2 Å². The van der Waals surface area contributed by atoms with Crippen LogP contribution in [0.3, 0.4) is 0 Å². The monoisotopic (exact) mass is 182 g/mol. The second-order valence-corrected chi connectivity index (χ2v) is 3.63. The van der Waals surface area contributed by atoms with Crippen LogP contribution in [0.1, 0.15) is 33.1 Å². The number of hydrogen-bond donors (Lipinski definition) is 1. The average Bonchev–Trinajstić information content (AvgIpc) is 2.52. The van der Waals surface area contributed by atoms with Crippen molar-refractivity contribution in [1.29, 1.82) is 0 Å². The van der Waals surface area contributed by atoms with Crippen LogP contribution in [0, 0.1) is 17.8 Å². The van der Waals surface area contributed by atoms with E-state index in [1.807, 2.05) is 6.92 Å². The van der Waals surface area contributed by atoms with Gasteiger partial charge < -0.3 is 9.84 Å². The predicted molar refractivity (Wildman–Crippen MR) is 52.2 cm³/mol. The third-order valence-corrected chi connectivity index (χ3v) is 2.57. The van der Waals surface area contributed by atoms with Gasteiger partial charge in [0, 0.05) is 13.0 Å². The minimum Gasteiger partial charge on any atom is -0.390 e. The van der Waals surface area contributed by atoms with Gasteiger partial charge in [-0.3, -0.25) is 0 Å². The molecule has 0 saturated carbocycles. The molecular weight excluding hydrogens is 164 g/mol. The molecule has 13 heavy (non-hydrogen) atoms. The number of aliphatic hydroxyl groups excluding tert-OH is 1. The Hall–Kier alpha value is -0.520. The minimum atomic E-state index is -0.335. The first-order valence-electron chi connectivity index (χ1n) is 4.95. The molecule has 3 atom stereocenters. The molecule has 74 valence electrons. The van der Waals surface area contributed by atoms with Crippen molar-refractivity contribution in [2.45, 2.75) is 45.3 Å². The quantitative estimate of drug-likeness (QED) is 0.671. The van der Waals surface area contributed by atoms with Crippen molar-refractivity contribution in [3.63, 3.8) is 0 Å². The summed E-state index contributed by atoms with van der Waals surface area (Å²) >= 11 is 0. The minimum absolute atomic E-state index is 0.0404. The van der Waals surface area contributed by atoms with Gasteiger partial charge in [0.1, 0.15) is 0 Å². The molecule has 2 heteroatoms. The molecule has 0 bridgehead atoms. The number of rotatable bonds is 3. The molecule has 0 aromatic carbocycles. The lowest BCUT2D eigenvalue weighted by Crippen LogP contribution is -2.29. The Bertz CT molecular complexity index is 202. The lowest BCUT2D eigenvalue weighted by molar-refractivity contribution is -0.0192. The Morgan fingerprint density at radius 2 is 2.38 bits per heavy atom. The van der Waals surface area contributed by atoms with E-state index in [1.165, 1.54) is 0 Å². The summed E-state index contributed by atoms with van der Waals surface area (Å²) < 4.78 is 5.46. The van der Waals surface area contributed by atoms with Crippen molar-refractivity contribution >= 4 is 0 Å². The van der Waals surface area contributed by atoms with Gasteiger partial charge in [-0.2, -0.15) is 0 Å². The van der Waals surface area contributed by atoms with E-state index in [9.17, 15) is 5.11 Å². The molecule has 2 nitrogen and oxygen atoms in total. The van der Waals surface area contributed by atoms with Crippen molar-refractivity contribution in [3.05, 3.63) is 0 Å². The van der Waals surface area contributed by atoms with Crippen LogP contribution < -0.4 is 0 Å². The smallest absolute Gasteiger partial charge is 0.0860 e. The topological polar surface area (TPSA) is 29.5 Å². The zero-order chi connectivity index (χ0) is 9.68. The van der Waals surface area contributed by atoms with Crippen LogP contribution in [-0.4, -0.2) is 23.9 Å². The van der Waals surface area contributed by atoms with Crippen LogP contribution >= 0.6 is 0 Å². The molecule has 1 saturated heterocycles. The van der Waals surface area contributed by atoms with E-state index >= 15 is 0 Å². The molecule has 1 fully saturated rings. The van der Waals surface area contributed by atoms with Crippen LogP contribution in [0.15, 0.2) is 0 Å². The normalized spacial score (nSPS) is 29.5. The summed E-state index contributed by atoms with van der Waals surface area (Å²) in [4.78, 5) is 0. The van der Waals surface area contributed by atoms with E-state index in [1.54, 1.807) is 0 Å². The maximum absolute atomic E-state index is 9.75. The summed E-state index contributed by atoms with van der Waals surface area (Å²) in [7, 11) is 0. The van der Waals surface area contributed by atoms with E-state index in [0.717, 1.165) is 25.9 Å². The molecule has 0 aromatic rings. The summed E-state index contributed by atoms with van der Waals surface area (Å²) in [5, 5.41) is 9.75. The molecule has 0 radical (unpaired) electrons. The van der Waals surface area contributed by atoms with Gasteiger partial charge >= 0.3 is 0 Å². The summed E-state index contributed by atoms with van der Waals surface area (Å²) in [6.45, 7) is 4.75. The maximum Gasteiger partial charge on any atom is 0.0860 e. The maximum atomic E-state index is 9.75. The molecule has 0 amide bonds. The zero-order valence-corrected chi connectivity index (χ0v) is 8.42.